The van der Waals surface area contributed by atoms with Gasteiger partial charge in [0, 0.05) is 25.4 Å². The van der Waals surface area contributed by atoms with E-state index in [2.05, 4.69) is 25.8 Å². The third-order valence-electron chi connectivity index (χ3n) is 4.62. The van der Waals surface area contributed by atoms with Crippen LogP contribution in [-0.2, 0) is 4.79 Å². The van der Waals surface area contributed by atoms with Crippen LogP contribution in [0.2, 0.25) is 0 Å². The van der Waals surface area contributed by atoms with E-state index in [-0.39, 0.29) is 12.0 Å². The SMILES string of the molecule is CN(CC1CC(O)C1)CC1CC(C)(C)CCC1=O. The van der Waals surface area contributed by atoms with Crippen LogP contribution in [0.5, 0.6) is 0 Å². The summed E-state index contributed by atoms with van der Waals surface area (Å²) >= 11 is 0. The van der Waals surface area contributed by atoms with Gasteiger partial charge in [-0.05, 0) is 44.1 Å². The molecule has 2 aliphatic carbocycles. The number of aliphatic hydroxyl groups is 1. The van der Waals surface area contributed by atoms with E-state index < -0.39 is 0 Å². The summed E-state index contributed by atoms with van der Waals surface area (Å²) in [4.78, 5) is 14.3. The Bertz CT molecular complexity index is 308. The van der Waals surface area contributed by atoms with Crippen molar-refractivity contribution in [3.8, 4) is 0 Å². The van der Waals surface area contributed by atoms with E-state index in [9.17, 15) is 9.90 Å². The number of carbonyl (C=O) groups excluding carboxylic acids is 1. The number of Topliss-reactive ketones (excluding diaryl/α,β-unsaturated/α-hetero) is 1. The second kappa shape index (κ2) is 5.30. The molecule has 0 aromatic heterocycles. The number of nitrogens with zero attached hydrogens (tertiary/aromatic N) is 1. The Labute approximate surface area is 111 Å². The fraction of sp³-hybridized carbons (Fsp3) is 0.933. The second-order valence-electron chi connectivity index (χ2n) is 7.24. The van der Waals surface area contributed by atoms with Crippen molar-refractivity contribution in [2.75, 3.05) is 20.1 Å². The molecule has 3 heteroatoms. The van der Waals surface area contributed by atoms with Crippen molar-refractivity contribution in [1.82, 2.24) is 4.90 Å². The van der Waals surface area contributed by atoms with Gasteiger partial charge in [-0.15, -0.1) is 0 Å². The molecule has 2 fully saturated rings. The first kappa shape index (κ1) is 14.0. The van der Waals surface area contributed by atoms with Crippen LogP contribution in [0.15, 0.2) is 0 Å². The van der Waals surface area contributed by atoms with Gasteiger partial charge in [0.2, 0.25) is 0 Å². The summed E-state index contributed by atoms with van der Waals surface area (Å²) in [6.07, 6.45) is 4.64. The minimum atomic E-state index is -0.0707. The van der Waals surface area contributed by atoms with Gasteiger partial charge in [-0.3, -0.25) is 4.79 Å². The molecule has 2 aliphatic rings. The van der Waals surface area contributed by atoms with Crippen LogP contribution in [0.4, 0.5) is 0 Å². The molecule has 0 saturated heterocycles. The lowest BCUT2D eigenvalue weighted by Crippen LogP contribution is -2.42. The predicted octanol–water partition coefficient (Wildman–Crippen LogP) is 2.08. The molecule has 0 spiro atoms. The third-order valence-corrected chi connectivity index (χ3v) is 4.62. The number of carbonyl (C=O) groups is 1. The molecule has 1 atom stereocenters. The Morgan fingerprint density at radius 3 is 2.61 bits per heavy atom. The zero-order chi connectivity index (χ0) is 13.3. The van der Waals surface area contributed by atoms with Gasteiger partial charge in [0.1, 0.15) is 5.78 Å². The fourth-order valence-electron chi connectivity index (χ4n) is 3.46. The first-order valence-electron chi connectivity index (χ1n) is 7.25. The van der Waals surface area contributed by atoms with Crippen LogP contribution in [0.3, 0.4) is 0 Å². The topological polar surface area (TPSA) is 40.5 Å². The molecule has 0 aromatic carbocycles. The Kier molecular flexibility index (Phi) is 4.12. The molecule has 3 nitrogen and oxygen atoms in total. The average Bonchev–Trinajstić information content (AvgIpc) is 2.21. The molecule has 1 unspecified atom stereocenters. The van der Waals surface area contributed by atoms with Crippen molar-refractivity contribution >= 4 is 5.78 Å². The number of hydrogen-bond acceptors (Lipinski definition) is 3. The highest BCUT2D eigenvalue weighted by Crippen LogP contribution is 2.37. The van der Waals surface area contributed by atoms with E-state index in [0.29, 0.717) is 17.1 Å². The van der Waals surface area contributed by atoms with Crippen molar-refractivity contribution < 1.29 is 9.90 Å². The van der Waals surface area contributed by atoms with Crippen LogP contribution < -0.4 is 0 Å². The molecule has 0 bridgehead atoms. The molecule has 0 aromatic rings. The summed E-state index contributed by atoms with van der Waals surface area (Å²) < 4.78 is 0. The Hall–Kier alpha value is -0.410. The molecule has 0 radical (unpaired) electrons. The maximum absolute atomic E-state index is 12.0. The highest BCUT2D eigenvalue weighted by Gasteiger charge is 2.35. The van der Waals surface area contributed by atoms with Crippen molar-refractivity contribution in [3.05, 3.63) is 0 Å². The van der Waals surface area contributed by atoms with Crippen LogP contribution in [0, 0.1) is 17.3 Å². The largest absolute Gasteiger partial charge is 0.393 e. The Morgan fingerprint density at radius 1 is 1.33 bits per heavy atom. The van der Waals surface area contributed by atoms with Crippen molar-refractivity contribution in [3.63, 3.8) is 0 Å². The number of rotatable bonds is 4. The lowest BCUT2D eigenvalue weighted by Gasteiger charge is -2.38. The zero-order valence-electron chi connectivity index (χ0n) is 12.0. The molecule has 0 amide bonds. The summed E-state index contributed by atoms with van der Waals surface area (Å²) in [6.45, 7) is 6.47. The molecule has 0 aliphatic heterocycles. The van der Waals surface area contributed by atoms with Crippen molar-refractivity contribution in [2.45, 2.75) is 52.1 Å². The number of aliphatic hydroxyl groups excluding tert-OH is 1. The lowest BCUT2D eigenvalue weighted by atomic mass is 9.71. The predicted molar refractivity (Wildman–Crippen MR) is 72.4 cm³/mol. The summed E-state index contributed by atoms with van der Waals surface area (Å²) in [5.74, 6) is 1.32. The molecular weight excluding hydrogens is 226 g/mol. The minimum Gasteiger partial charge on any atom is -0.393 e. The summed E-state index contributed by atoms with van der Waals surface area (Å²) in [7, 11) is 2.11. The monoisotopic (exact) mass is 253 g/mol. The first-order chi connectivity index (χ1) is 8.35. The maximum Gasteiger partial charge on any atom is 0.137 e. The molecule has 1 N–H and O–H groups in total. The van der Waals surface area contributed by atoms with Crippen LogP contribution >= 0.6 is 0 Å². The highest BCUT2D eigenvalue weighted by atomic mass is 16.3. The Balaban J connectivity index is 1.78. The maximum atomic E-state index is 12.0. The van der Waals surface area contributed by atoms with E-state index in [4.69, 9.17) is 0 Å². The van der Waals surface area contributed by atoms with Gasteiger partial charge in [-0.1, -0.05) is 13.8 Å². The van der Waals surface area contributed by atoms with Gasteiger partial charge in [0.15, 0.2) is 0 Å². The van der Waals surface area contributed by atoms with E-state index in [0.717, 1.165) is 45.2 Å². The molecule has 18 heavy (non-hydrogen) atoms. The second-order valence-corrected chi connectivity index (χ2v) is 7.24. The normalized spacial score (nSPS) is 35.6. The van der Waals surface area contributed by atoms with Crippen LogP contribution in [0.1, 0.15) is 46.0 Å². The fourth-order valence-corrected chi connectivity index (χ4v) is 3.46. The van der Waals surface area contributed by atoms with E-state index in [1.54, 1.807) is 0 Å². The van der Waals surface area contributed by atoms with Gasteiger partial charge in [0.25, 0.3) is 0 Å². The van der Waals surface area contributed by atoms with Crippen molar-refractivity contribution in [2.24, 2.45) is 17.3 Å². The molecular formula is C15H27NO2. The van der Waals surface area contributed by atoms with Gasteiger partial charge >= 0.3 is 0 Å². The zero-order valence-corrected chi connectivity index (χ0v) is 12.0. The van der Waals surface area contributed by atoms with Gasteiger partial charge in [0.05, 0.1) is 6.10 Å². The summed E-state index contributed by atoms with van der Waals surface area (Å²) in [6, 6.07) is 0. The van der Waals surface area contributed by atoms with E-state index >= 15 is 0 Å². The van der Waals surface area contributed by atoms with Gasteiger partial charge in [-0.25, -0.2) is 0 Å². The smallest absolute Gasteiger partial charge is 0.137 e. The molecule has 104 valence electrons. The van der Waals surface area contributed by atoms with Crippen LogP contribution in [-0.4, -0.2) is 42.0 Å². The molecule has 2 rings (SSSR count). The Morgan fingerprint density at radius 2 is 2.00 bits per heavy atom. The highest BCUT2D eigenvalue weighted by molar-refractivity contribution is 5.82. The summed E-state index contributed by atoms with van der Waals surface area (Å²) in [5, 5.41) is 9.29. The van der Waals surface area contributed by atoms with Gasteiger partial charge < -0.3 is 10.0 Å². The number of ketones is 1. The lowest BCUT2D eigenvalue weighted by molar-refractivity contribution is -0.127. The standard InChI is InChI=1S/C15H27NO2/c1-15(2)5-4-14(18)12(8-15)10-16(3)9-11-6-13(17)7-11/h11-13,17H,4-10H2,1-3H3. The van der Waals surface area contributed by atoms with E-state index in [1.165, 1.54) is 0 Å². The van der Waals surface area contributed by atoms with Gasteiger partial charge in [-0.2, -0.15) is 0 Å². The summed E-state index contributed by atoms with van der Waals surface area (Å²) in [5.41, 5.74) is 0.325. The quantitative estimate of drug-likeness (QED) is 0.834. The third kappa shape index (κ3) is 3.55. The number of hydrogen-bond donors (Lipinski definition) is 1. The average molecular weight is 253 g/mol. The first-order valence-corrected chi connectivity index (χ1v) is 7.25. The van der Waals surface area contributed by atoms with Crippen LogP contribution in [0.25, 0.3) is 0 Å². The minimum absolute atomic E-state index is 0.0707. The molecule has 2 saturated carbocycles. The van der Waals surface area contributed by atoms with E-state index in [1.807, 2.05) is 0 Å². The van der Waals surface area contributed by atoms with Crippen molar-refractivity contribution in [1.29, 1.82) is 0 Å². The molecule has 0 heterocycles.